The molecular formula is C43H27N3S. The topological polar surface area (TPSA) is 38.7 Å². The van der Waals surface area contributed by atoms with Gasteiger partial charge in [-0.25, -0.2) is 15.0 Å². The number of para-hydroxylation sites is 1. The first kappa shape index (κ1) is 27.3. The first-order valence-electron chi connectivity index (χ1n) is 15.7. The van der Waals surface area contributed by atoms with E-state index in [2.05, 4.69) is 140 Å². The summed E-state index contributed by atoms with van der Waals surface area (Å²) in [6, 6.07) is 57.1. The first-order chi connectivity index (χ1) is 23.3. The van der Waals surface area contributed by atoms with Gasteiger partial charge in [-0.3, -0.25) is 0 Å². The number of nitrogens with zero attached hydrogens (tertiary/aromatic N) is 3. The molecule has 6 aromatic carbocycles. The first-order valence-corrected chi connectivity index (χ1v) is 16.5. The largest absolute Gasteiger partial charge is 0.247 e. The molecule has 4 heteroatoms. The number of hydrogen-bond donors (Lipinski definition) is 0. The lowest BCUT2D eigenvalue weighted by molar-refractivity contribution is 1.18. The molecule has 3 heterocycles. The van der Waals surface area contributed by atoms with Crippen LogP contribution in [-0.2, 0) is 0 Å². The van der Waals surface area contributed by atoms with E-state index in [1.54, 1.807) is 0 Å². The summed E-state index contributed by atoms with van der Waals surface area (Å²) in [4.78, 5) is 15.3. The van der Waals surface area contributed by atoms with E-state index in [1.165, 1.54) is 36.7 Å². The molecule has 3 aromatic heterocycles. The lowest BCUT2D eigenvalue weighted by atomic mass is 9.99. The number of hydrogen-bond acceptors (Lipinski definition) is 4. The molecule has 0 amide bonds. The van der Waals surface area contributed by atoms with Gasteiger partial charge in [-0.05, 0) is 29.3 Å². The molecule has 0 fully saturated rings. The number of fused-ring (bicyclic) bond motifs is 5. The Morgan fingerprint density at radius 2 is 0.894 bits per heavy atom. The average molecular weight is 618 g/mol. The van der Waals surface area contributed by atoms with Gasteiger partial charge >= 0.3 is 0 Å². The Morgan fingerprint density at radius 3 is 1.57 bits per heavy atom. The van der Waals surface area contributed by atoms with E-state index in [9.17, 15) is 0 Å². The number of benzene rings is 6. The highest BCUT2D eigenvalue weighted by Crippen LogP contribution is 2.43. The maximum Gasteiger partial charge on any atom is 0.160 e. The van der Waals surface area contributed by atoms with Crippen molar-refractivity contribution < 1.29 is 0 Å². The second-order valence-electron chi connectivity index (χ2n) is 11.6. The van der Waals surface area contributed by atoms with Gasteiger partial charge in [0.15, 0.2) is 5.82 Å². The van der Waals surface area contributed by atoms with Crippen molar-refractivity contribution in [3.8, 4) is 56.3 Å². The van der Waals surface area contributed by atoms with Gasteiger partial charge in [0.05, 0.1) is 22.6 Å². The smallest absolute Gasteiger partial charge is 0.160 e. The van der Waals surface area contributed by atoms with Crippen LogP contribution in [0.25, 0.3) is 87.4 Å². The molecule has 0 spiro atoms. The van der Waals surface area contributed by atoms with Crippen molar-refractivity contribution in [2.24, 2.45) is 0 Å². The summed E-state index contributed by atoms with van der Waals surface area (Å²) in [5.74, 6) is 0.706. The molecule has 0 saturated heterocycles. The molecule has 0 N–H and O–H groups in total. The van der Waals surface area contributed by atoms with Crippen molar-refractivity contribution in [1.29, 1.82) is 0 Å². The molecule has 3 nitrogen and oxygen atoms in total. The molecule has 0 saturated carbocycles. The van der Waals surface area contributed by atoms with E-state index in [4.69, 9.17) is 15.0 Å². The fraction of sp³-hybridized carbons (Fsp3) is 0. The number of pyridine rings is 1. The zero-order valence-corrected chi connectivity index (χ0v) is 26.2. The molecule has 0 aliphatic carbocycles. The minimum Gasteiger partial charge on any atom is -0.247 e. The number of rotatable bonds is 5. The normalized spacial score (nSPS) is 11.4. The quantitative estimate of drug-likeness (QED) is 0.193. The predicted molar refractivity (Wildman–Crippen MR) is 197 cm³/mol. The molecule has 0 aliphatic heterocycles. The van der Waals surface area contributed by atoms with Crippen molar-refractivity contribution in [2.45, 2.75) is 0 Å². The van der Waals surface area contributed by atoms with Gasteiger partial charge in [0, 0.05) is 47.8 Å². The van der Waals surface area contributed by atoms with Crippen LogP contribution < -0.4 is 0 Å². The van der Waals surface area contributed by atoms with Crippen LogP contribution >= 0.6 is 11.3 Å². The standard InChI is InChI=1S/C43H27N3S/c1-3-11-28(12-4-1)29-19-21-30(22-20-29)37-27-38(46-43(45-37)33-13-5-2-6-14-33)31-23-25-32(26-24-31)41-40-35-16-8-10-18-39(35)47-42(40)34-15-7-9-17-36(34)44-41/h1-27H. The van der Waals surface area contributed by atoms with Crippen LogP contribution in [0.1, 0.15) is 0 Å². The van der Waals surface area contributed by atoms with Crippen LogP contribution in [0, 0.1) is 0 Å². The SMILES string of the molecule is c1ccc(-c2ccc(-c3cc(-c4ccc(-c5nc6ccccc6c6sc7ccccc7c56)cc4)nc(-c4ccccc4)n3)cc2)cc1. The Balaban J connectivity index is 1.16. The Morgan fingerprint density at radius 1 is 0.383 bits per heavy atom. The molecular weight excluding hydrogens is 591 g/mol. The fourth-order valence-electron chi connectivity index (χ4n) is 6.34. The minimum absolute atomic E-state index is 0.706. The minimum atomic E-state index is 0.706. The third-order valence-corrected chi connectivity index (χ3v) is 9.92. The fourth-order valence-corrected chi connectivity index (χ4v) is 7.58. The highest BCUT2D eigenvalue weighted by molar-refractivity contribution is 7.26. The van der Waals surface area contributed by atoms with Gasteiger partial charge in [-0.1, -0.05) is 146 Å². The van der Waals surface area contributed by atoms with Crippen LogP contribution in [0.2, 0.25) is 0 Å². The van der Waals surface area contributed by atoms with Crippen molar-refractivity contribution in [2.75, 3.05) is 0 Å². The van der Waals surface area contributed by atoms with E-state index < -0.39 is 0 Å². The summed E-state index contributed by atoms with van der Waals surface area (Å²) in [6.07, 6.45) is 0. The zero-order valence-electron chi connectivity index (χ0n) is 25.3. The second-order valence-corrected chi connectivity index (χ2v) is 12.7. The molecule has 0 atom stereocenters. The van der Waals surface area contributed by atoms with Gasteiger partial charge in [-0.15, -0.1) is 11.3 Å². The van der Waals surface area contributed by atoms with Crippen molar-refractivity contribution in [3.63, 3.8) is 0 Å². The van der Waals surface area contributed by atoms with Crippen LogP contribution in [0.4, 0.5) is 0 Å². The summed E-state index contributed by atoms with van der Waals surface area (Å²) in [5, 5.41) is 3.66. The number of aromatic nitrogens is 3. The second kappa shape index (κ2) is 11.4. The molecule has 47 heavy (non-hydrogen) atoms. The van der Waals surface area contributed by atoms with Crippen LogP contribution in [0.15, 0.2) is 164 Å². The summed E-state index contributed by atoms with van der Waals surface area (Å²) >= 11 is 1.84. The Hall–Kier alpha value is -5.97. The van der Waals surface area contributed by atoms with E-state index in [1.807, 2.05) is 35.6 Å². The summed E-state index contributed by atoms with van der Waals surface area (Å²) in [7, 11) is 0. The molecule has 0 bridgehead atoms. The molecule has 0 aliphatic rings. The van der Waals surface area contributed by atoms with Gasteiger partial charge in [-0.2, -0.15) is 0 Å². The van der Waals surface area contributed by atoms with Crippen molar-refractivity contribution >= 4 is 42.4 Å². The Labute approximate surface area is 276 Å². The monoisotopic (exact) mass is 617 g/mol. The molecule has 220 valence electrons. The van der Waals surface area contributed by atoms with Crippen LogP contribution in [0.5, 0.6) is 0 Å². The van der Waals surface area contributed by atoms with E-state index in [0.29, 0.717) is 5.82 Å². The van der Waals surface area contributed by atoms with Gasteiger partial charge < -0.3 is 0 Å². The molecule has 9 rings (SSSR count). The summed E-state index contributed by atoms with van der Waals surface area (Å²) in [5.41, 5.74) is 10.3. The van der Waals surface area contributed by atoms with Crippen LogP contribution in [-0.4, -0.2) is 15.0 Å². The van der Waals surface area contributed by atoms with Gasteiger partial charge in [0.2, 0.25) is 0 Å². The average Bonchev–Trinajstić information content (AvgIpc) is 3.55. The molecule has 0 radical (unpaired) electrons. The highest BCUT2D eigenvalue weighted by atomic mass is 32.1. The van der Waals surface area contributed by atoms with Crippen molar-refractivity contribution in [3.05, 3.63) is 164 Å². The Kier molecular flexibility index (Phi) is 6.65. The zero-order chi connectivity index (χ0) is 31.2. The Bertz CT molecular complexity index is 2540. The number of thiophene rings is 1. The molecule has 9 aromatic rings. The van der Waals surface area contributed by atoms with E-state index >= 15 is 0 Å². The summed E-state index contributed by atoms with van der Waals surface area (Å²) in [6.45, 7) is 0. The van der Waals surface area contributed by atoms with E-state index in [0.717, 1.165) is 44.9 Å². The third kappa shape index (κ3) is 4.96. The molecule has 0 unspecified atom stereocenters. The lowest BCUT2D eigenvalue weighted by Crippen LogP contribution is -1.96. The van der Waals surface area contributed by atoms with Gasteiger partial charge in [0.1, 0.15) is 0 Å². The van der Waals surface area contributed by atoms with E-state index in [-0.39, 0.29) is 0 Å². The van der Waals surface area contributed by atoms with Gasteiger partial charge in [0.25, 0.3) is 0 Å². The van der Waals surface area contributed by atoms with Crippen LogP contribution in [0.3, 0.4) is 0 Å². The lowest BCUT2D eigenvalue weighted by Gasteiger charge is -2.11. The third-order valence-electron chi connectivity index (χ3n) is 8.71. The van der Waals surface area contributed by atoms with Crippen molar-refractivity contribution in [1.82, 2.24) is 15.0 Å². The predicted octanol–water partition coefficient (Wildman–Crippen LogP) is 11.7. The maximum absolute atomic E-state index is 5.22. The summed E-state index contributed by atoms with van der Waals surface area (Å²) < 4.78 is 2.55. The highest BCUT2D eigenvalue weighted by Gasteiger charge is 2.17. The maximum atomic E-state index is 5.22.